The molecule has 1 aromatic rings. The van der Waals surface area contributed by atoms with Gasteiger partial charge in [0.05, 0.1) is 0 Å². The van der Waals surface area contributed by atoms with Crippen LogP contribution in [-0.2, 0) is 12.8 Å². The Balaban J connectivity index is 2.47. The van der Waals surface area contributed by atoms with Crippen molar-refractivity contribution in [3.63, 3.8) is 0 Å². The smallest absolute Gasteiger partial charge is 0.127 e. The number of phenolic OH excluding ortho intramolecular Hbond substituents is 1. The van der Waals surface area contributed by atoms with Gasteiger partial charge in [0.1, 0.15) is 11.6 Å². The normalized spacial score (nSPS) is 21.2. The molecule has 0 radical (unpaired) electrons. The van der Waals surface area contributed by atoms with Crippen LogP contribution in [0.25, 0.3) is 0 Å². The number of benzene rings is 1. The Bertz CT molecular complexity index is 338. The molecule has 0 spiro atoms. The maximum atomic E-state index is 12.9. The molecule has 0 heterocycles. The fraction of sp³-hybridized carbons (Fsp3) is 0.400. The van der Waals surface area contributed by atoms with Crippen LogP contribution in [0.4, 0.5) is 4.39 Å². The standard InChI is InChI=1S/C10H12FNO/c11-7-3-6-4-8(12)1-2-9(6)10(13)5-7/h3,5,8,13H,1-2,4,12H2. The highest BCUT2D eigenvalue weighted by atomic mass is 19.1. The van der Waals surface area contributed by atoms with Crippen molar-refractivity contribution < 1.29 is 9.50 Å². The van der Waals surface area contributed by atoms with Crippen molar-refractivity contribution in [2.45, 2.75) is 25.3 Å². The molecule has 0 fully saturated rings. The Labute approximate surface area is 76.2 Å². The van der Waals surface area contributed by atoms with Crippen LogP contribution in [0.2, 0.25) is 0 Å². The molecule has 0 bridgehead atoms. The van der Waals surface area contributed by atoms with Gasteiger partial charge in [-0.15, -0.1) is 0 Å². The molecular formula is C10H12FNO. The molecule has 3 N–H and O–H groups in total. The Kier molecular flexibility index (Phi) is 1.96. The predicted molar refractivity (Wildman–Crippen MR) is 48.1 cm³/mol. The van der Waals surface area contributed by atoms with Gasteiger partial charge in [-0.3, -0.25) is 0 Å². The zero-order valence-corrected chi connectivity index (χ0v) is 7.26. The van der Waals surface area contributed by atoms with Gasteiger partial charge in [-0.2, -0.15) is 0 Å². The zero-order chi connectivity index (χ0) is 9.42. The van der Waals surface area contributed by atoms with Crippen LogP contribution in [0, 0.1) is 5.82 Å². The van der Waals surface area contributed by atoms with E-state index in [0.717, 1.165) is 30.0 Å². The molecule has 1 aromatic carbocycles. The van der Waals surface area contributed by atoms with Gasteiger partial charge in [0, 0.05) is 12.1 Å². The quantitative estimate of drug-likeness (QED) is 0.634. The highest BCUT2D eigenvalue weighted by Gasteiger charge is 2.18. The van der Waals surface area contributed by atoms with Crippen LogP contribution < -0.4 is 5.73 Å². The summed E-state index contributed by atoms with van der Waals surface area (Å²) in [5.41, 5.74) is 7.47. The van der Waals surface area contributed by atoms with E-state index in [1.54, 1.807) is 0 Å². The summed E-state index contributed by atoms with van der Waals surface area (Å²) in [6.45, 7) is 0. The Hall–Kier alpha value is -1.09. The minimum Gasteiger partial charge on any atom is -0.508 e. The first-order chi connectivity index (χ1) is 6.16. The molecule has 2 nitrogen and oxygen atoms in total. The third-order valence-corrected chi connectivity index (χ3v) is 2.53. The van der Waals surface area contributed by atoms with Gasteiger partial charge in [0.2, 0.25) is 0 Å². The molecule has 1 atom stereocenters. The molecule has 3 heteroatoms. The highest BCUT2D eigenvalue weighted by molar-refractivity contribution is 5.41. The van der Waals surface area contributed by atoms with Crippen LogP contribution >= 0.6 is 0 Å². The van der Waals surface area contributed by atoms with Crippen molar-refractivity contribution in [2.75, 3.05) is 0 Å². The van der Waals surface area contributed by atoms with Crippen molar-refractivity contribution in [3.8, 4) is 5.75 Å². The first-order valence-corrected chi connectivity index (χ1v) is 4.42. The summed E-state index contributed by atoms with van der Waals surface area (Å²) < 4.78 is 12.9. The lowest BCUT2D eigenvalue weighted by molar-refractivity contribution is 0.450. The first kappa shape index (κ1) is 8.51. The molecule has 13 heavy (non-hydrogen) atoms. The third-order valence-electron chi connectivity index (χ3n) is 2.53. The van der Waals surface area contributed by atoms with E-state index in [0.29, 0.717) is 6.42 Å². The van der Waals surface area contributed by atoms with Crippen molar-refractivity contribution in [1.82, 2.24) is 0 Å². The van der Waals surface area contributed by atoms with Crippen LogP contribution in [0.15, 0.2) is 12.1 Å². The topological polar surface area (TPSA) is 46.2 Å². The highest BCUT2D eigenvalue weighted by Crippen LogP contribution is 2.29. The first-order valence-electron chi connectivity index (χ1n) is 4.42. The summed E-state index contributed by atoms with van der Waals surface area (Å²) in [7, 11) is 0. The van der Waals surface area contributed by atoms with Crippen LogP contribution in [0.5, 0.6) is 5.75 Å². The van der Waals surface area contributed by atoms with Gasteiger partial charge in [0.25, 0.3) is 0 Å². The number of hydrogen-bond donors (Lipinski definition) is 2. The fourth-order valence-electron chi connectivity index (χ4n) is 1.86. The largest absolute Gasteiger partial charge is 0.508 e. The summed E-state index contributed by atoms with van der Waals surface area (Å²) in [5, 5.41) is 9.44. The minimum atomic E-state index is -0.384. The lowest BCUT2D eigenvalue weighted by Gasteiger charge is -2.21. The van der Waals surface area contributed by atoms with Crippen molar-refractivity contribution in [2.24, 2.45) is 5.73 Å². The van der Waals surface area contributed by atoms with Crippen molar-refractivity contribution >= 4 is 0 Å². The van der Waals surface area contributed by atoms with E-state index < -0.39 is 0 Å². The van der Waals surface area contributed by atoms with Gasteiger partial charge >= 0.3 is 0 Å². The van der Waals surface area contributed by atoms with E-state index in [1.807, 2.05) is 0 Å². The number of fused-ring (bicyclic) bond motifs is 1. The van der Waals surface area contributed by atoms with E-state index in [1.165, 1.54) is 6.07 Å². The maximum Gasteiger partial charge on any atom is 0.127 e. The van der Waals surface area contributed by atoms with Crippen LogP contribution in [0.1, 0.15) is 17.5 Å². The monoisotopic (exact) mass is 181 g/mol. The summed E-state index contributed by atoms with van der Waals surface area (Å²) in [6.07, 6.45) is 2.29. The zero-order valence-electron chi connectivity index (χ0n) is 7.26. The van der Waals surface area contributed by atoms with E-state index in [-0.39, 0.29) is 17.6 Å². The summed E-state index contributed by atoms with van der Waals surface area (Å²) >= 11 is 0. The van der Waals surface area contributed by atoms with Gasteiger partial charge in [-0.25, -0.2) is 4.39 Å². The molecule has 70 valence electrons. The number of phenols is 1. The number of hydrogen-bond acceptors (Lipinski definition) is 2. The molecule has 0 saturated carbocycles. The second kappa shape index (κ2) is 3.00. The van der Waals surface area contributed by atoms with Gasteiger partial charge in [0.15, 0.2) is 0 Å². The van der Waals surface area contributed by atoms with Gasteiger partial charge in [-0.05, 0) is 36.5 Å². The number of halogens is 1. The second-order valence-electron chi connectivity index (χ2n) is 3.57. The van der Waals surface area contributed by atoms with Crippen LogP contribution in [-0.4, -0.2) is 11.1 Å². The lowest BCUT2D eigenvalue weighted by atomic mass is 9.88. The molecule has 0 aromatic heterocycles. The number of nitrogens with two attached hydrogens (primary N) is 1. The lowest BCUT2D eigenvalue weighted by Crippen LogP contribution is -2.27. The summed E-state index contributed by atoms with van der Waals surface area (Å²) in [4.78, 5) is 0. The predicted octanol–water partition coefficient (Wildman–Crippen LogP) is 1.35. The summed E-state index contributed by atoms with van der Waals surface area (Å²) in [6, 6.07) is 2.73. The molecule has 0 aliphatic heterocycles. The van der Waals surface area contributed by atoms with E-state index in [9.17, 15) is 9.50 Å². The van der Waals surface area contributed by atoms with Crippen molar-refractivity contribution in [3.05, 3.63) is 29.1 Å². The van der Waals surface area contributed by atoms with E-state index in [4.69, 9.17) is 5.73 Å². The van der Waals surface area contributed by atoms with Crippen LogP contribution in [0.3, 0.4) is 0 Å². The number of aromatic hydroxyl groups is 1. The van der Waals surface area contributed by atoms with Crippen molar-refractivity contribution in [1.29, 1.82) is 0 Å². The third kappa shape index (κ3) is 1.52. The summed E-state index contributed by atoms with van der Waals surface area (Å²) in [5.74, 6) is -0.313. The molecule has 1 unspecified atom stereocenters. The maximum absolute atomic E-state index is 12.9. The average Bonchev–Trinajstić information content (AvgIpc) is 2.02. The molecule has 0 amide bonds. The molecule has 0 saturated heterocycles. The Morgan fingerprint density at radius 1 is 1.46 bits per heavy atom. The molecule has 1 aliphatic carbocycles. The van der Waals surface area contributed by atoms with E-state index >= 15 is 0 Å². The molecular weight excluding hydrogens is 169 g/mol. The second-order valence-corrected chi connectivity index (χ2v) is 3.57. The average molecular weight is 181 g/mol. The molecule has 2 rings (SSSR count). The van der Waals surface area contributed by atoms with E-state index in [2.05, 4.69) is 0 Å². The Morgan fingerprint density at radius 3 is 3.00 bits per heavy atom. The van der Waals surface area contributed by atoms with Gasteiger partial charge < -0.3 is 10.8 Å². The van der Waals surface area contributed by atoms with Gasteiger partial charge in [-0.1, -0.05) is 0 Å². The number of rotatable bonds is 0. The SMILES string of the molecule is NC1CCc2c(O)cc(F)cc2C1. The molecule has 1 aliphatic rings. The Morgan fingerprint density at radius 2 is 2.23 bits per heavy atom. The fourth-order valence-corrected chi connectivity index (χ4v) is 1.86. The minimum absolute atomic E-state index is 0.0712.